The summed E-state index contributed by atoms with van der Waals surface area (Å²) in [6, 6.07) is 8.89. The van der Waals surface area contributed by atoms with Crippen LogP contribution in [-0.2, 0) is 12.1 Å². The Bertz CT molecular complexity index is 549. The number of imidazole rings is 1. The number of aromatic nitrogens is 2. The van der Waals surface area contributed by atoms with E-state index in [-0.39, 0.29) is 5.54 Å². The van der Waals surface area contributed by atoms with Crippen LogP contribution in [0.2, 0.25) is 0 Å². The lowest BCUT2D eigenvalue weighted by Crippen LogP contribution is -2.30. The molecule has 1 aromatic heterocycles. The standard InChI is InChI=1S/C16H25N3/c1-6-12(2)17-11-15-18-13-9-7-8-10-14(13)19(15)16(3,4)5/h7-10,12,17H,6,11H2,1-5H3. The molecule has 0 amide bonds. The second-order valence-corrected chi connectivity index (χ2v) is 6.21. The highest BCUT2D eigenvalue weighted by atomic mass is 15.2. The summed E-state index contributed by atoms with van der Waals surface area (Å²) in [7, 11) is 0. The van der Waals surface area contributed by atoms with Crippen LogP contribution < -0.4 is 5.32 Å². The first kappa shape index (κ1) is 14.1. The van der Waals surface area contributed by atoms with Crippen LogP contribution >= 0.6 is 0 Å². The minimum atomic E-state index is 0.0442. The summed E-state index contributed by atoms with van der Waals surface area (Å²) < 4.78 is 2.34. The predicted molar refractivity (Wildman–Crippen MR) is 81.3 cm³/mol. The summed E-state index contributed by atoms with van der Waals surface area (Å²) in [6.07, 6.45) is 1.13. The van der Waals surface area contributed by atoms with Crippen molar-refractivity contribution in [3.8, 4) is 0 Å². The molecule has 2 aromatic rings. The quantitative estimate of drug-likeness (QED) is 0.907. The molecular formula is C16H25N3. The second-order valence-electron chi connectivity index (χ2n) is 6.21. The van der Waals surface area contributed by atoms with Crippen LogP contribution in [0.15, 0.2) is 24.3 Å². The molecule has 1 unspecified atom stereocenters. The van der Waals surface area contributed by atoms with Gasteiger partial charge in [-0.25, -0.2) is 4.98 Å². The molecule has 3 heteroatoms. The molecule has 0 bridgehead atoms. The fraction of sp³-hybridized carbons (Fsp3) is 0.562. The van der Waals surface area contributed by atoms with E-state index in [4.69, 9.17) is 4.98 Å². The van der Waals surface area contributed by atoms with Crippen molar-refractivity contribution in [2.45, 2.75) is 59.2 Å². The van der Waals surface area contributed by atoms with Crippen LogP contribution in [-0.4, -0.2) is 15.6 Å². The van der Waals surface area contributed by atoms with Crippen molar-refractivity contribution in [3.63, 3.8) is 0 Å². The lowest BCUT2D eigenvalue weighted by Gasteiger charge is -2.25. The van der Waals surface area contributed by atoms with Gasteiger partial charge in [-0.1, -0.05) is 19.1 Å². The third kappa shape index (κ3) is 2.98. The summed E-state index contributed by atoms with van der Waals surface area (Å²) in [5.74, 6) is 1.12. The molecule has 2 rings (SSSR count). The molecule has 19 heavy (non-hydrogen) atoms. The maximum absolute atomic E-state index is 4.79. The first-order chi connectivity index (χ1) is 8.93. The van der Waals surface area contributed by atoms with Gasteiger partial charge < -0.3 is 9.88 Å². The second kappa shape index (κ2) is 5.33. The first-order valence-corrected chi connectivity index (χ1v) is 7.13. The maximum Gasteiger partial charge on any atom is 0.124 e. The lowest BCUT2D eigenvalue weighted by atomic mass is 10.1. The van der Waals surface area contributed by atoms with Gasteiger partial charge in [-0.3, -0.25) is 0 Å². The average Bonchev–Trinajstić information content (AvgIpc) is 2.73. The smallest absolute Gasteiger partial charge is 0.124 e. The Morgan fingerprint density at radius 1 is 1.26 bits per heavy atom. The molecule has 0 aliphatic heterocycles. The molecule has 0 aliphatic rings. The van der Waals surface area contributed by atoms with Crippen molar-refractivity contribution in [2.24, 2.45) is 0 Å². The Morgan fingerprint density at radius 2 is 1.95 bits per heavy atom. The van der Waals surface area contributed by atoms with E-state index < -0.39 is 0 Å². The normalized spacial score (nSPS) is 13.9. The van der Waals surface area contributed by atoms with Gasteiger partial charge in [0, 0.05) is 11.6 Å². The fourth-order valence-corrected chi connectivity index (χ4v) is 2.35. The number of para-hydroxylation sites is 2. The molecule has 104 valence electrons. The van der Waals surface area contributed by atoms with Crippen molar-refractivity contribution >= 4 is 11.0 Å². The van der Waals surface area contributed by atoms with Gasteiger partial charge in [-0.2, -0.15) is 0 Å². The molecular weight excluding hydrogens is 234 g/mol. The summed E-state index contributed by atoms with van der Waals surface area (Å²) in [5, 5.41) is 3.54. The minimum Gasteiger partial charge on any atom is -0.322 e. The number of rotatable bonds is 4. The van der Waals surface area contributed by atoms with Gasteiger partial charge in [0.15, 0.2) is 0 Å². The van der Waals surface area contributed by atoms with E-state index >= 15 is 0 Å². The molecule has 0 saturated carbocycles. The van der Waals surface area contributed by atoms with E-state index in [9.17, 15) is 0 Å². The van der Waals surface area contributed by atoms with Crippen molar-refractivity contribution in [1.29, 1.82) is 0 Å². The summed E-state index contributed by atoms with van der Waals surface area (Å²) in [5.41, 5.74) is 2.34. The molecule has 0 saturated heterocycles. The maximum atomic E-state index is 4.79. The number of hydrogen-bond acceptors (Lipinski definition) is 2. The number of nitrogens with zero attached hydrogens (tertiary/aromatic N) is 2. The Hall–Kier alpha value is -1.35. The van der Waals surface area contributed by atoms with Crippen molar-refractivity contribution in [1.82, 2.24) is 14.9 Å². The molecule has 3 nitrogen and oxygen atoms in total. The van der Waals surface area contributed by atoms with E-state index in [0.717, 1.165) is 24.3 Å². The van der Waals surface area contributed by atoms with Gasteiger partial charge in [0.1, 0.15) is 5.82 Å². The summed E-state index contributed by atoms with van der Waals surface area (Å²) in [4.78, 5) is 4.79. The van der Waals surface area contributed by atoms with Crippen LogP contribution in [0.1, 0.15) is 46.9 Å². The van der Waals surface area contributed by atoms with Gasteiger partial charge in [-0.05, 0) is 46.2 Å². The highest BCUT2D eigenvalue weighted by molar-refractivity contribution is 5.76. The average molecular weight is 259 g/mol. The van der Waals surface area contributed by atoms with Crippen LogP contribution in [0.5, 0.6) is 0 Å². The highest BCUT2D eigenvalue weighted by Gasteiger charge is 2.21. The van der Waals surface area contributed by atoms with Gasteiger partial charge in [0.05, 0.1) is 17.6 Å². The molecule has 1 aromatic carbocycles. The largest absolute Gasteiger partial charge is 0.322 e. The molecule has 1 N–H and O–H groups in total. The van der Waals surface area contributed by atoms with Gasteiger partial charge >= 0.3 is 0 Å². The monoisotopic (exact) mass is 259 g/mol. The van der Waals surface area contributed by atoms with Crippen LogP contribution in [0.3, 0.4) is 0 Å². The first-order valence-electron chi connectivity index (χ1n) is 7.13. The van der Waals surface area contributed by atoms with E-state index in [1.165, 1.54) is 5.52 Å². The van der Waals surface area contributed by atoms with E-state index in [0.29, 0.717) is 6.04 Å². The zero-order chi connectivity index (χ0) is 14.0. The topological polar surface area (TPSA) is 29.9 Å². The lowest BCUT2D eigenvalue weighted by molar-refractivity contribution is 0.383. The zero-order valence-corrected chi connectivity index (χ0v) is 12.7. The molecule has 0 spiro atoms. The zero-order valence-electron chi connectivity index (χ0n) is 12.7. The number of nitrogens with one attached hydrogen (secondary N) is 1. The molecule has 0 aliphatic carbocycles. The third-order valence-electron chi connectivity index (χ3n) is 3.52. The Kier molecular flexibility index (Phi) is 3.95. The Morgan fingerprint density at radius 3 is 2.58 bits per heavy atom. The van der Waals surface area contributed by atoms with Crippen LogP contribution in [0, 0.1) is 0 Å². The van der Waals surface area contributed by atoms with E-state index in [2.05, 4.69) is 62.7 Å². The Labute approximate surface area is 116 Å². The van der Waals surface area contributed by atoms with Gasteiger partial charge in [-0.15, -0.1) is 0 Å². The number of fused-ring (bicyclic) bond motifs is 1. The molecule has 1 atom stereocenters. The number of benzene rings is 1. The van der Waals surface area contributed by atoms with Crippen LogP contribution in [0.4, 0.5) is 0 Å². The summed E-state index contributed by atoms with van der Waals surface area (Å²) >= 11 is 0. The Balaban J connectivity index is 2.42. The molecule has 0 fully saturated rings. The minimum absolute atomic E-state index is 0.0442. The predicted octanol–water partition coefficient (Wildman–Crippen LogP) is 3.68. The van der Waals surface area contributed by atoms with E-state index in [1.807, 2.05) is 6.07 Å². The number of hydrogen-bond donors (Lipinski definition) is 1. The van der Waals surface area contributed by atoms with Gasteiger partial charge in [0.2, 0.25) is 0 Å². The van der Waals surface area contributed by atoms with Crippen molar-refractivity contribution < 1.29 is 0 Å². The third-order valence-corrected chi connectivity index (χ3v) is 3.52. The highest BCUT2D eigenvalue weighted by Crippen LogP contribution is 2.25. The van der Waals surface area contributed by atoms with Crippen molar-refractivity contribution in [3.05, 3.63) is 30.1 Å². The molecule has 0 radical (unpaired) electrons. The fourth-order valence-electron chi connectivity index (χ4n) is 2.35. The van der Waals surface area contributed by atoms with Gasteiger partial charge in [0.25, 0.3) is 0 Å². The van der Waals surface area contributed by atoms with Crippen molar-refractivity contribution in [2.75, 3.05) is 0 Å². The van der Waals surface area contributed by atoms with E-state index in [1.54, 1.807) is 0 Å². The SMILES string of the molecule is CCC(C)NCc1nc2ccccc2n1C(C)(C)C. The summed E-state index contributed by atoms with van der Waals surface area (Å²) in [6.45, 7) is 11.9. The van der Waals surface area contributed by atoms with Crippen LogP contribution in [0.25, 0.3) is 11.0 Å². The molecule has 1 heterocycles.